The van der Waals surface area contributed by atoms with Crippen LogP contribution < -0.4 is 11.5 Å². The molecule has 0 saturated carbocycles. The van der Waals surface area contributed by atoms with E-state index in [0.29, 0.717) is 21.0 Å². The maximum absolute atomic E-state index is 12.6. The summed E-state index contributed by atoms with van der Waals surface area (Å²) in [6, 6.07) is 5.22. The summed E-state index contributed by atoms with van der Waals surface area (Å²) in [4.78, 5) is 25.6. The van der Waals surface area contributed by atoms with Crippen LogP contribution in [0, 0.1) is 0 Å². The minimum atomic E-state index is -0.560. The van der Waals surface area contributed by atoms with Crippen molar-refractivity contribution < 1.29 is 9.59 Å². The molecule has 0 aliphatic carbocycles. The normalized spacial score (nSPS) is 11.0. The summed E-state index contributed by atoms with van der Waals surface area (Å²) >= 11 is 7.40. The highest BCUT2D eigenvalue weighted by atomic mass is 35.5. The van der Waals surface area contributed by atoms with E-state index >= 15 is 0 Å². The highest BCUT2D eigenvalue weighted by Gasteiger charge is 2.25. The van der Waals surface area contributed by atoms with E-state index in [1.54, 1.807) is 12.1 Å². The maximum atomic E-state index is 12.6. The number of halogens is 1. The van der Waals surface area contributed by atoms with Crippen molar-refractivity contribution in [2.75, 3.05) is 12.3 Å². The van der Waals surface area contributed by atoms with Gasteiger partial charge in [0.25, 0.3) is 5.91 Å². The van der Waals surface area contributed by atoms with E-state index in [4.69, 9.17) is 23.1 Å². The molecule has 0 aliphatic heterocycles. The van der Waals surface area contributed by atoms with E-state index < -0.39 is 5.91 Å². The zero-order valence-electron chi connectivity index (χ0n) is 11.7. The van der Waals surface area contributed by atoms with Crippen LogP contribution in [0.4, 0.5) is 5.69 Å². The molecule has 0 spiro atoms. The second-order valence-electron chi connectivity index (χ2n) is 4.95. The zero-order chi connectivity index (χ0) is 15.7. The minimum absolute atomic E-state index is 0.141. The van der Waals surface area contributed by atoms with E-state index in [-0.39, 0.29) is 18.5 Å². The predicted molar refractivity (Wildman–Crippen MR) is 86.6 cm³/mol. The number of thiophene rings is 1. The summed E-state index contributed by atoms with van der Waals surface area (Å²) in [5, 5.41) is 1.18. The van der Waals surface area contributed by atoms with Gasteiger partial charge in [0.05, 0.1) is 17.3 Å². The van der Waals surface area contributed by atoms with Crippen molar-refractivity contribution in [1.82, 2.24) is 4.90 Å². The monoisotopic (exact) mass is 325 g/mol. The van der Waals surface area contributed by atoms with Gasteiger partial charge in [-0.1, -0.05) is 17.7 Å². The molecule has 112 valence electrons. The Balaban J connectivity index is 2.50. The van der Waals surface area contributed by atoms with Crippen LogP contribution in [0.2, 0.25) is 5.02 Å². The summed E-state index contributed by atoms with van der Waals surface area (Å²) in [5.74, 6) is -0.867. The number of fused-ring (bicyclic) bond motifs is 1. The van der Waals surface area contributed by atoms with Crippen molar-refractivity contribution >= 4 is 50.5 Å². The number of hydrogen-bond acceptors (Lipinski definition) is 4. The molecule has 5 nitrogen and oxygen atoms in total. The van der Waals surface area contributed by atoms with Crippen molar-refractivity contribution in [3.63, 3.8) is 0 Å². The molecule has 0 atom stereocenters. The molecule has 0 fully saturated rings. The van der Waals surface area contributed by atoms with Crippen LogP contribution in [0.15, 0.2) is 18.2 Å². The van der Waals surface area contributed by atoms with Gasteiger partial charge in [-0.25, -0.2) is 0 Å². The van der Waals surface area contributed by atoms with Crippen LogP contribution in [-0.2, 0) is 4.79 Å². The van der Waals surface area contributed by atoms with Crippen molar-refractivity contribution in [1.29, 1.82) is 0 Å². The summed E-state index contributed by atoms with van der Waals surface area (Å²) in [7, 11) is 0. The second-order valence-corrected chi connectivity index (χ2v) is 6.41. The highest BCUT2D eigenvalue weighted by molar-refractivity contribution is 7.21. The molecule has 2 rings (SSSR count). The summed E-state index contributed by atoms with van der Waals surface area (Å²) in [6.07, 6.45) is 0. The summed E-state index contributed by atoms with van der Waals surface area (Å²) in [5.41, 5.74) is 11.6. The van der Waals surface area contributed by atoms with E-state index in [0.717, 1.165) is 4.70 Å². The Labute approximate surface area is 131 Å². The van der Waals surface area contributed by atoms with Gasteiger partial charge in [-0.05, 0) is 26.0 Å². The third kappa shape index (κ3) is 2.96. The number of benzene rings is 1. The van der Waals surface area contributed by atoms with E-state index in [1.807, 2.05) is 19.9 Å². The molecule has 0 radical (unpaired) electrons. The average molecular weight is 326 g/mol. The Morgan fingerprint density at radius 3 is 2.57 bits per heavy atom. The molecule has 0 bridgehead atoms. The van der Waals surface area contributed by atoms with Gasteiger partial charge in [-0.3, -0.25) is 9.59 Å². The van der Waals surface area contributed by atoms with Crippen molar-refractivity contribution in [3.8, 4) is 0 Å². The Kier molecular flexibility index (Phi) is 4.39. The maximum Gasteiger partial charge on any atom is 0.266 e. The Morgan fingerprint density at radius 1 is 1.38 bits per heavy atom. The van der Waals surface area contributed by atoms with Crippen LogP contribution in [0.25, 0.3) is 10.1 Å². The number of carbonyl (C=O) groups excluding carboxylic acids is 2. The van der Waals surface area contributed by atoms with Gasteiger partial charge < -0.3 is 16.4 Å². The summed E-state index contributed by atoms with van der Waals surface area (Å²) in [6.45, 7) is 3.49. The first-order chi connectivity index (χ1) is 9.82. The van der Waals surface area contributed by atoms with Crippen LogP contribution in [-0.4, -0.2) is 29.3 Å². The fourth-order valence-corrected chi connectivity index (χ4v) is 3.51. The van der Waals surface area contributed by atoms with Crippen molar-refractivity contribution in [2.45, 2.75) is 19.9 Å². The van der Waals surface area contributed by atoms with Gasteiger partial charge in [0.15, 0.2) is 0 Å². The summed E-state index contributed by atoms with van der Waals surface area (Å²) < 4.78 is 0.839. The van der Waals surface area contributed by atoms with Crippen LogP contribution in [0.1, 0.15) is 23.5 Å². The van der Waals surface area contributed by atoms with Gasteiger partial charge in [0, 0.05) is 16.1 Å². The number of hydrogen-bond donors (Lipinski definition) is 2. The number of primary amides is 1. The zero-order valence-corrected chi connectivity index (χ0v) is 13.3. The van der Waals surface area contributed by atoms with Gasteiger partial charge in [-0.2, -0.15) is 0 Å². The molecular weight excluding hydrogens is 310 g/mol. The van der Waals surface area contributed by atoms with Gasteiger partial charge in [0.1, 0.15) is 4.88 Å². The molecule has 2 aromatic rings. The lowest BCUT2D eigenvalue weighted by atomic mass is 10.2. The van der Waals surface area contributed by atoms with E-state index in [9.17, 15) is 9.59 Å². The molecule has 7 heteroatoms. The molecule has 0 unspecified atom stereocenters. The molecule has 1 aromatic heterocycles. The molecule has 1 aromatic carbocycles. The van der Waals surface area contributed by atoms with Crippen LogP contribution in [0.3, 0.4) is 0 Å². The lowest BCUT2D eigenvalue weighted by Crippen LogP contribution is -2.42. The molecule has 21 heavy (non-hydrogen) atoms. The number of nitrogens with two attached hydrogens (primary N) is 2. The molecule has 2 amide bonds. The van der Waals surface area contributed by atoms with Gasteiger partial charge in [0.2, 0.25) is 5.91 Å². The third-order valence-corrected chi connectivity index (χ3v) is 4.58. The number of carbonyl (C=O) groups is 2. The van der Waals surface area contributed by atoms with Gasteiger partial charge >= 0.3 is 0 Å². The SMILES string of the molecule is CC(C)N(CC(N)=O)C(=O)c1sc2cccc(Cl)c2c1N. The fourth-order valence-electron chi connectivity index (χ4n) is 2.08. The van der Waals surface area contributed by atoms with E-state index in [2.05, 4.69) is 0 Å². The lowest BCUT2D eigenvalue weighted by Gasteiger charge is -2.24. The molecule has 0 aliphatic rings. The lowest BCUT2D eigenvalue weighted by molar-refractivity contribution is -0.119. The highest BCUT2D eigenvalue weighted by Crippen LogP contribution is 2.38. The average Bonchev–Trinajstić information content (AvgIpc) is 2.73. The molecule has 4 N–H and O–H groups in total. The topological polar surface area (TPSA) is 89.4 Å². The van der Waals surface area contributed by atoms with Crippen molar-refractivity contribution in [2.24, 2.45) is 5.73 Å². The Bertz CT molecular complexity index is 712. The Hall–Kier alpha value is -1.79. The third-order valence-electron chi connectivity index (χ3n) is 3.11. The van der Waals surface area contributed by atoms with E-state index in [1.165, 1.54) is 16.2 Å². The number of anilines is 1. The smallest absolute Gasteiger partial charge is 0.266 e. The second kappa shape index (κ2) is 5.91. The number of amides is 2. The quantitative estimate of drug-likeness (QED) is 0.904. The number of rotatable bonds is 4. The standard InChI is InChI=1S/C14H16ClN3O2S/c1-7(2)18(6-10(16)19)14(20)13-12(17)11-8(15)4-3-5-9(11)21-13/h3-5,7H,6,17H2,1-2H3,(H2,16,19). The first kappa shape index (κ1) is 15.6. The van der Waals surface area contributed by atoms with Crippen LogP contribution in [0.5, 0.6) is 0 Å². The first-order valence-corrected chi connectivity index (χ1v) is 7.58. The largest absolute Gasteiger partial charge is 0.397 e. The molecular formula is C14H16ClN3O2S. The van der Waals surface area contributed by atoms with Crippen LogP contribution >= 0.6 is 22.9 Å². The van der Waals surface area contributed by atoms with Gasteiger partial charge in [-0.15, -0.1) is 11.3 Å². The van der Waals surface area contributed by atoms with Crippen molar-refractivity contribution in [3.05, 3.63) is 28.1 Å². The number of nitrogens with zero attached hydrogens (tertiary/aromatic N) is 1. The predicted octanol–water partition coefficient (Wildman–Crippen LogP) is 2.47. The number of nitrogen functional groups attached to an aromatic ring is 1. The molecule has 0 saturated heterocycles. The fraction of sp³-hybridized carbons (Fsp3) is 0.286. The molecule has 1 heterocycles. The minimum Gasteiger partial charge on any atom is -0.397 e. The first-order valence-electron chi connectivity index (χ1n) is 6.38. The Morgan fingerprint density at radius 2 is 2.05 bits per heavy atom.